The van der Waals surface area contributed by atoms with Gasteiger partial charge in [-0.25, -0.2) is 5.84 Å². The molecule has 0 spiro atoms. The van der Waals surface area contributed by atoms with Crippen molar-refractivity contribution in [2.24, 2.45) is 17.5 Å². The maximum atomic E-state index is 13.2. The largest absolute Gasteiger partial charge is 0.396 e. The van der Waals surface area contributed by atoms with Crippen LogP contribution in [0.25, 0.3) is 21.5 Å². The number of ether oxygens (including phenoxy) is 4. The van der Waals surface area contributed by atoms with Crippen molar-refractivity contribution in [3.05, 3.63) is 124 Å². The molecule has 0 saturated heterocycles. The van der Waals surface area contributed by atoms with Gasteiger partial charge in [0.25, 0.3) is 5.91 Å². The first-order chi connectivity index (χ1) is 31.0. The number of nitrogens with one attached hydrogen (secondary N) is 2. The summed E-state index contributed by atoms with van der Waals surface area (Å²) in [4.78, 5) is 53.9. The van der Waals surface area contributed by atoms with Gasteiger partial charge in [-0.15, -0.1) is 11.3 Å². The molecule has 1 aliphatic heterocycles. The Balaban J connectivity index is 0.836. The van der Waals surface area contributed by atoms with E-state index in [-0.39, 0.29) is 42.5 Å². The molecule has 5 aromatic rings. The number of thiophene rings is 1. The highest BCUT2D eigenvalue weighted by molar-refractivity contribution is 7.20. The van der Waals surface area contributed by atoms with E-state index in [1.54, 1.807) is 41.4 Å². The summed E-state index contributed by atoms with van der Waals surface area (Å²) < 4.78 is 23.6. The number of hydrogen-bond donors (Lipinski definition) is 4. The number of anilines is 3. The third-order valence-corrected chi connectivity index (χ3v) is 11.6. The molecule has 3 amide bonds. The molecule has 0 bridgehead atoms. The summed E-state index contributed by atoms with van der Waals surface area (Å²) in [5.74, 6) is 5.97. The zero-order valence-electron chi connectivity index (χ0n) is 36.7. The van der Waals surface area contributed by atoms with E-state index in [9.17, 15) is 19.2 Å². The molecule has 64 heavy (non-hydrogen) atoms. The number of hydrazine groups is 1. The second-order valence-corrected chi connectivity index (χ2v) is 16.6. The molecular formula is C49H58N6O8S. The van der Waals surface area contributed by atoms with E-state index in [0.29, 0.717) is 99.0 Å². The number of fused-ring (bicyclic) bond motifs is 3. The van der Waals surface area contributed by atoms with Crippen LogP contribution in [0.4, 0.5) is 17.1 Å². The molecule has 6 N–H and O–H groups in total. The van der Waals surface area contributed by atoms with E-state index in [0.717, 1.165) is 38.9 Å². The Labute approximate surface area is 378 Å². The van der Waals surface area contributed by atoms with Crippen LogP contribution in [0, 0.1) is 5.92 Å². The van der Waals surface area contributed by atoms with Crippen LogP contribution in [-0.2, 0) is 35.1 Å². The van der Waals surface area contributed by atoms with Gasteiger partial charge in [0, 0.05) is 39.4 Å². The molecule has 0 saturated carbocycles. The maximum absolute atomic E-state index is 13.2. The minimum Gasteiger partial charge on any atom is -0.396 e. The molecule has 15 heteroatoms. The number of para-hydroxylation sites is 2. The number of benzene rings is 4. The summed E-state index contributed by atoms with van der Waals surface area (Å²) in [5, 5.41) is 8.21. The standard InChI is InChI=1S/C49H58N6O8S/c1-4-11-45(57)54-32-34-12-5-6-13-37(34)47(46(50)39-15-8-10-17-41(39)54)55(51)21-23-61-25-27-63-29-28-62-26-24-60-22-20-44(56)52-36-18-19-42-35(30-36)31-43(64-42)49(59)53-40-16-9-7-14-38(40)48(58)33(2)3/h5-10,12-19,30-31,33H,4,11,20-29,32,50-51H2,1-3H3,(H,52,56)(H,53,59)/b47-46-. The van der Waals surface area contributed by atoms with Crippen LogP contribution in [0.5, 0.6) is 0 Å². The zero-order valence-corrected chi connectivity index (χ0v) is 37.5. The van der Waals surface area contributed by atoms with Crippen molar-refractivity contribution in [3.63, 3.8) is 0 Å². The van der Waals surface area contributed by atoms with Crippen molar-refractivity contribution in [1.29, 1.82) is 0 Å². The molecule has 0 unspecified atom stereocenters. The Bertz CT molecular complexity index is 2430. The lowest BCUT2D eigenvalue weighted by atomic mass is 9.95. The minimum atomic E-state index is -0.303. The number of nitrogens with two attached hydrogens (primary N) is 2. The number of carbonyl (C=O) groups excluding carboxylic acids is 4. The first kappa shape index (κ1) is 47.5. The summed E-state index contributed by atoms with van der Waals surface area (Å²) in [7, 11) is 0. The van der Waals surface area contributed by atoms with Crippen LogP contribution >= 0.6 is 11.3 Å². The summed E-state index contributed by atoms with van der Waals surface area (Å²) in [6, 6.07) is 29.8. The summed E-state index contributed by atoms with van der Waals surface area (Å²) >= 11 is 1.34. The molecule has 1 aromatic heterocycles. The molecule has 0 fully saturated rings. The van der Waals surface area contributed by atoms with Crippen LogP contribution in [0.3, 0.4) is 0 Å². The predicted octanol–water partition coefficient (Wildman–Crippen LogP) is 7.69. The SMILES string of the molecule is CCCC(=O)N1Cc2ccccc2/C(N(N)CCOCCOCCOCCOCCC(=O)Nc2ccc3sc(C(=O)Nc4ccccc4C(=O)C(C)C)cc3c2)=C(/N)c2ccccc21. The van der Waals surface area contributed by atoms with Crippen molar-refractivity contribution < 1.29 is 38.1 Å². The van der Waals surface area contributed by atoms with Crippen LogP contribution in [0.1, 0.15) is 76.8 Å². The van der Waals surface area contributed by atoms with Crippen molar-refractivity contribution in [1.82, 2.24) is 5.01 Å². The van der Waals surface area contributed by atoms with Gasteiger partial charge in [0.05, 0.1) is 100 Å². The monoisotopic (exact) mass is 890 g/mol. The average Bonchev–Trinajstić information content (AvgIpc) is 3.72. The number of Topliss-reactive ketones (excluding diaryl/α,β-unsaturated/α-hetero) is 1. The van der Waals surface area contributed by atoms with Gasteiger partial charge in [-0.1, -0.05) is 75.4 Å². The predicted molar refractivity (Wildman–Crippen MR) is 253 cm³/mol. The minimum absolute atomic E-state index is 0.0394. The van der Waals surface area contributed by atoms with Crippen LogP contribution in [0.2, 0.25) is 0 Å². The zero-order chi connectivity index (χ0) is 45.4. The third kappa shape index (κ3) is 12.6. The number of amides is 3. The lowest BCUT2D eigenvalue weighted by molar-refractivity contribution is -0.119. The van der Waals surface area contributed by atoms with Crippen LogP contribution in [0.15, 0.2) is 97.1 Å². The van der Waals surface area contributed by atoms with Crippen molar-refractivity contribution in [2.45, 2.75) is 46.6 Å². The number of nitrogens with zero attached hydrogens (tertiary/aromatic N) is 2. The molecule has 4 aromatic carbocycles. The van der Waals surface area contributed by atoms with Crippen molar-refractivity contribution in [3.8, 4) is 0 Å². The Morgan fingerprint density at radius 3 is 2.11 bits per heavy atom. The highest BCUT2D eigenvalue weighted by Gasteiger charge is 2.27. The molecule has 0 atom stereocenters. The summed E-state index contributed by atoms with van der Waals surface area (Å²) in [5.41, 5.74) is 12.9. The first-order valence-electron chi connectivity index (χ1n) is 21.6. The summed E-state index contributed by atoms with van der Waals surface area (Å²) in [6.07, 6.45) is 1.36. The van der Waals surface area contributed by atoms with Gasteiger partial charge in [0.15, 0.2) is 5.78 Å². The molecule has 0 aliphatic carbocycles. The lowest BCUT2D eigenvalue weighted by Crippen LogP contribution is -2.37. The maximum Gasteiger partial charge on any atom is 0.265 e. The summed E-state index contributed by atoms with van der Waals surface area (Å²) in [6.45, 7) is 9.24. The van der Waals surface area contributed by atoms with Crippen LogP contribution in [-0.4, -0.2) is 87.9 Å². The van der Waals surface area contributed by atoms with Gasteiger partial charge in [-0.3, -0.25) is 19.2 Å². The molecule has 14 nitrogen and oxygen atoms in total. The smallest absolute Gasteiger partial charge is 0.265 e. The Hall–Kier alpha value is -5.94. The van der Waals surface area contributed by atoms with E-state index in [1.165, 1.54) is 11.3 Å². The Morgan fingerprint density at radius 2 is 1.39 bits per heavy atom. The van der Waals surface area contributed by atoms with Gasteiger partial charge in [0.2, 0.25) is 11.8 Å². The quantitative estimate of drug-likeness (QED) is 0.0218. The second-order valence-electron chi connectivity index (χ2n) is 15.5. The Kier molecular flexibility index (Phi) is 17.6. The van der Waals surface area contributed by atoms with Gasteiger partial charge in [-0.05, 0) is 59.8 Å². The number of rotatable bonds is 23. The molecule has 6 rings (SSSR count). The highest BCUT2D eigenvalue weighted by Crippen LogP contribution is 2.37. The van der Waals surface area contributed by atoms with E-state index in [1.807, 2.05) is 86.3 Å². The molecule has 338 valence electrons. The van der Waals surface area contributed by atoms with E-state index in [4.69, 9.17) is 30.5 Å². The average molecular weight is 891 g/mol. The number of ketones is 1. The molecule has 2 heterocycles. The van der Waals surface area contributed by atoms with Crippen molar-refractivity contribution in [2.75, 3.05) is 74.9 Å². The second kappa shape index (κ2) is 23.7. The molecule has 0 radical (unpaired) electrons. The van der Waals surface area contributed by atoms with Crippen molar-refractivity contribution >= 4 is 73.4 Å². The van der Waals surface area contributed by atoms with E-state index >= 15 is 0 Å². The topological polar surface area (TPSA) is 188 Å². The first-order valence-corrected chi connectivity index (χ1v) is 22.5. The van der Waals surface area contributed by atoms with Gasteiger partial charge in [-0.2, -0.15) is 0 Å². The lowest BCUT2D eigenvalue weighted by Gasteiger charge is -2.33. The number of hydrogen-bond acceptors (Lipinski definition) is 12. The van der Waals surface area contributed by atoms with Gasteiger partial charge >= 0.3 is 0 Å². The fraction of sp³-hybridized carbons (Fsp3) is 0.347. The van der Waals surface area contributed by atoms with Gasteiger partial charge in [0.1, 0.15) is 0 Å². The van der Waals surface area contributed by atoms with E-state index in [2.05, 4.69) is 10.6 Å². The number of carbonyl (C=O) groups is 4. The normalized spacial score (nSPS) is 13.5. The highest BCUT2D eigenvalue weighted by atomic mass is 32.1. The third-order valence-electron chi connectivity index (χ3n) is 10.4. The molecule has 1 aliphatic rings. The van der Waals surface area contributed by atoms with Gasteiger partial charge < -0.3 is 45.2 Å². The Morgan fingerprint density at radius 1 is 0.750 bits per heavy atom. The fourth-order valence-electron chi connectivity index (χ4n) is 7.19. The fourth-order valence-corrected chi connectivity index (χ4v) is 8.13. The van der Waals surface area contributed by atoms with Crippen LogP contribution < -0.4 is 27.1 Å². The molecular weight excluding hydrogens is 833 g/mol. The van der Waals surface area contributed by atoms with E-state index < -0.39 is 0 Å².